The summed E-state index contributed by atoms with van der Waals surface area (Å²) in [5.41, 5.74) is 0.982. The summed E-state index contributed by atoms with van der Waals surface area (Å²) in [6.07, 6.45) is 0.849. The zero-order chi connectivity index (χ0) is 20.5. The molecule has 0 spiro atoms. The van der Waals surface area contributed by atoms with Gasteiger partial charge in [-0.2, -0.15) is 0 Å². The number of hydrogen-bond donors (Lipinski definition) is 1. The van der Waals surface area contributed by atoms with Gasteiger partial charge in [-0.15, -0.1) is 11.8 Å². The third-order valence-electron chi connectivity index (χ3n) is 4.52. The van der Waals surface area contributed by atoms with Crippen LogP contribution in [0.4, 0.5) is 0 Å². The zero-order valence-electron chi connectivity index (χ0n) is 16.5. The van der Waals surface area contributed by atoms with Gasteiger partial charge in [0.1, 0.15) is 6.04 Å². The van der Waals surface area contributed by atoms with Crippen LogP contribution in [0.2, 0.25) is 0 Å². The number of hydrogen-bond acceptors (Lipinski definition) is 3. The lowest BCUT2D eigenvalue weighted by Gasteiger charge is -2.29. The molecule has 2 atom stereocenters. The third kappa shape index (κ3) is 6.99. The molecule has 150 valence electrons. The van der Waals surface area contributed by atoms with Gasteiger partial charge in [0.2, 0.25) is 11.8 Å². The molecule has 0 aromatic heterocycles. The number of rotatable bonds is 9. The smallest absolute Gasteiger partial charge is 0.242 e. The van der Waals surface area contributed by atoms with Gasteiger partial charge in [0.25, 0.3) is 0 Å². The van der Waals surface area contributed by atoms with Crippen LogP contribution in [0.25, 0.3) is 0 Å². The van der Waals surface area contributed by atoms with Crippen LogP contribution in [0.1, 0.15) is 32.8 Å². The van der Waals surface area contributed by atoms with Crippen molar-refractivity contribution in [1.82, 2.24) is 10.2 Å². The van der Waals surface area contributed by atoms with Crippen LogP contribution in [-0.4, -0.2) is 34.6 Å². The van der Waals surface area contributed by atoms with Gasteiger partial charge >= 0.3 is 0 Å². The minimum atomic E-state index is -0.545. The zero-order valence-corrected chi connectivity index (χ0v) is 18.9. The highest BCUT2D eigenvalue weighted by Gasteiger charge is 2.26. The number of halogens is 1. The van der Waals surface area contributed by atoms with Gasteiger partial charge < -0.3 is 10.2 Å². The minimum absolute atomic E-state index is 0.0550. The normalized spacial score (nSPS) is 12.9. The first-order valence-electron chi connectivity index (χ1n) is 9.42. The number of carbonyl (C=O) groups excluding carboxylic acids is 2. The van der Waals surface area contributed by atoms with Crippen molar-refractivity contribution >= 4 is 39.5 Å². The van der Waals surface area contributed by atoms with Crippen molar-refractivity contribution in [2.45, 2.75) is 50.7 Å². The van der Waals surface area contributed by atoms with E-state index in [9.17, 15) is 9.59 Å². The Morgan fingerprint density at radius 2 is 1.82 bits per heavy atom. The summed E-state index contributed by atoms with van der Waals surface area (Å²) in [4.78, 5) is 28.4. The van der Waals surface area contributed by atoms with Gasteiger partial charge in [-0.25, -0.2) is 0 Å². The minimum Gasteiger partial charge on any atom is -0.352 e. The van der Waals surface area contributed by atoms with Crippen LogP contribution in [0.5, 0.6) is 0 Å². The molecular formula is C22H27BrN2O2S. The fraction of sp³-hybridized carbons (Fsp3) is 0.364. The lowest BCUT2D eigenvalue weighted by molar-refractivity contribution is -0.138. The Labute approximate surface area is 180 Å². The van der Waals surface area contributed by atoms with Gasteiger partial charge in [0.15, 0.2) is 0 Å². The van der Waals surface area contributed by atoms with E-state index < -0.39 is 6.04 Å². The first-order chi connectivity index (χ1) is 13.4. The number of nitrogens with one attached hydrogen (secondary N) is 1. The number of thioether (sulfide) groups is 1. The van der Waals surface area contributed by atoms with E-state index in [4.69, 9.17) is 0 Å². The van der Waals surface area contributed by atoms with Crippen molar-refractivity contribution in [3.63, 3.8) is 0 Å². The molecule has 6 heteroatoms. The highest BCUT2D eigenvalue weighted by molar-refractivity contribution is 9.10. The van der Waals surface area contributed by atoms with Crippen molar-refractivity contribution < 1.29 is 9.59 Å². The third-order valence-corrected chi connectivity index (χ3v) is 6.01. The maximum atomic E-state index is 13.0. The molecule has 0 bridgehead atoms. The highest BCUT2D eigenvalue weighted by atomic mass is 79.9. The Morgan fingerprint density at radius 1 is 1.11 bits per heavy atom. The van der Waals surface area contributed by atoms with Crippen LogP contribution in [0, 0.1) is 0 Å². The maximum absolute atomic E-state index is 13.0. The second-order valence-corrected chi connectivity index (χ2v) is 8.71. The summed E-state index contributed by atoms with van der Waals surface area (Å²) in [7, 11) is 0. The first-order valence-corrected chi connectivity index (χ1v) is 11.2. The molecule has 2 rings (SSSR count). The van der Waals surface area contributed by atoms with Crippen molar-refractivity contribution in [1.29, 1.82) is 0 Å². The van der Waals surface area contributed by atoms with E-state index in [1.54, 1.807) is 11.8 Å². The molecule has 0 aliphatic heterocycles. The largest absolute Gasteiger partial charge is 0.352 e. The Morgan fingerprint density at radius 3 is 2.46 bits per heavy atom. The summed E-state index contributed by atoms with van der Waals surface area (Å²) < 4.78 is 0.952. The Hall–Kier alpha value is -1.79. The van der Waals surface area contributed by atoms with E-state index in [0.29, 0.717) is 12.3 Å². The van der Waals surface area contributed by atoms with E-state index in [0.717, 1.165) is 21.4 Å². The number of carbonyl (C=O) groups is 2. The molecule has 0 saturated heterocycles. The summed E-state index contributed by atoms with van der Waals surface area (Å²) in [5, 5.41) is 2.99. The van der Waals surface area contributed by atoms with E-state index in [1.807, 2.05) is 68.4 Å². The average Bonchev–Trinajstić information content (AvgIpc) is 2.70. The van der Waals surface area contributed by atoms with Gasteiger partial charge in [0.05, 0.1) is 5.75 Å². The topological polar surface area (TPSA) is 49.4 Å². The quantitative estimate of drug-likeness (QED) is 0.540. The standard InChI is InChI=1S/C22H27BrN2O2S/c1-4-16(2)24-22(27)17(3)25(14-18-9-8-10-19(23)13-18)21(26)15-28-20-11-6-5-7-12-20/h5-13,16-17H,4,14-15H2,1-3H3,(H,24,27). The predicted octanol–water partition coefficient (Wildman–Crippen LogP) is 4.87. The van der Waals surface area contributed by atoms with Crippen LogP contribution in [0.15, 0.2) is 64.0 Å². The highest BCUT2D eigenvalue weighted by Crippen LogP contribution is 2.20. The van der Waals surface area contributed by atoms with E-state index in [1.165, 1.54) is 11.8 Å². The van der Waals surface area contributed by atoms with Crippen molar-refractivity contribution in [2.75, 3.05) is 5.75 Å². The van der Waals surface area contributed by atoms with Crippen molar-refractivity contribution in [2.24, 2.45) is 0 Å². The molecule has 4 nitrogen and oxygen atoms in total. The lowest BCUT2D eigenvalue weighted by Crippen LogP contribution is -2.50. The molecule has 0 fully saturated rings. The van der Waals surface area contributed by atoms with Gasteiger partial charge in [-0.1, -0.05) is 53.2 Å². The number of nitrogens with zero attached hydrogens (tertiary/aromatic N) is 1. The molecule has 2 aromatic rings. The van der Waals surface area contributed by atoms with Crippen molar-refractivity contribution in [3.8, 4) is 0 Å². The lowest BCUT2D eigenvalue weighted by atomic mass is 10.1. The van der Waals surface area contributed by atoms with Crippen LogP contribution >= 0.6 is 27.7 Å². The summed E-state index contributed by atoms with van der Waals surface area (Å²) in [6.45, 7) is 6.18. The van der Waals surface area contributed by atoms with Gasteiger partial charge in [0, 0.05) is 22.0 Å². The second-order valence-electron chi connectivity index (χ2n) is 6.75. The van der Waals surface area contributed by atoms with E-state index >= 15 is 0 Å². The molecule has 28 heavy (non-hydrogen) atoms. The number of benzene rings is 2. The summed E-state index contributed by atoms with van der Waals surface area (Å²) >= 11 is 4.96. The van der Waals surface area contributed by atoms with E-state index in [2.05, 4.69) is 21.2 Å². The molecule has 0 aliphatic rings. The number of amides is 2. The van der Waals surface area contributed by atoms with E-state index in [-0.39, 0.29) is 17.9 Å². The Bertz CT molecular complexity index is 785. The molecular weight excluding hydrogens is 436 g/mol. The Balaban J connectivity index is 2.14. The molecule has 0 radical (unpaired) electrons. The average molecular weight is 463 g/mol. The fourth-order valence-electron chi connectivity index (χ4n) is 2.62. The first kappa shape index (κ1) is 22.5. The van der Waals surface area contributed by atoms with Crippen LogP contribution < -0.4 is 5.32 Å². The van der Waals surface area contributed by atoms with Crippen LogP contribution in [-0.2, 0) is 16.1 Å². The second kappa shape index (κ2) is 11.3. The maximum Gasteiger partial charge on any atom is 0.242 e. The summed E-state index contributed by atoms with van der Waals surface area (Å²) in [6, 6.07) is 17.2. The fourth-order valence-corrected chi connectivity index (χ4v) is 3.88. The van der Waals surface area contributed by atoms with Crippen molar-refractivity contribution in [3.05, 3.63) is 64.6 Å². The SMILES string of the molecule is CCC(C)NC(=O)C(C)N(Cc1cccc(Br)c1)C(=O)CSc1ccccc1. The van der Waals surface area contributed by atoms with Gasteiger partial charge in [-0.05, 0) is 50.1 Å². The monoisotopic (exact) mass is 462 g/mol. The Kier molecular flexibility index (Phi) is 9.06. The predicted molar refractivity (Wildman–Crippen MR) is 119 cm³/mol. The van der Waals surface area contributed by atoms with Crippen LogP contribution in [0.3, 0.4) is 0 Å². The molecule has 2 amide bonds. The molecule has 0 saturated carbocycles. The molecule has 2 aromatic carbocycles. The van der Waals surface area contributed by atoms with Gasteiger partial charge in [-0.3, -0.25) is 9.59 Å². The summed E-state index contributed by atoms with van der Waals surface area (Å²) in [5.74, 6) is 0.113. The molecule has 0 heterocycles. The molecule has 1 N–H and O–H groups in total. The molecule has 2 unspecified atom stereocenters. The molecule has 0 aliphatic carbocycles.